The summed E-state index contributed by atoms with van der Waals surface area (Å²) < 4.78 is 5.17. The van der Waals surface area contributed by atoms with Crippen LogP contribution in [0.5, 0.6) is 0 Å². The van der Waals surface area contributed by atoms with Crippen molar-refractivity contribution < 1.29 is 4.52 Å². The molecule has 1 N–H and O–H groups in total. The van der Waals surface area contributed by atoms with Crippen molar-refractivity contribution in [2.45, 2.75) is 31.2 Å². The number of nitrogens with one attached hydrogen (secondary N) is 1. The second-order valence-corrected chi connectivity index (χ2v) is 4.30. The molecule has 0 radical (unpaired) electrons. The largest absolute Gasteiger partial charge is 0.357 e. The topological polar surface area (TPSA) is 38.1 Å². The van der Waals surface area contributed by atoms with Crippen molar-refractivity contribution in [3.63, 3.8) is 0 Å². The lowest BCUT2D eigenvalue weighted by molar-refractivity contribution is 0.390. The Labute approximate surface area is 83.2 Å². The highest BCUT2D eigenvalue weighted by molar-refractivity contribution is 5.65. The quantitative estimate of drug-likeness (QED) is 0.735. The molecule has 1 spiro atoms. The molecule has 3 rings (SSSR count). The first-order valence-corrected chi connectivity index (χ1v) is 5.23. The summed E-state index contributed by atoms with van der Waals surface area (Å²) in [4.78, 5) is 0. The molecular weight excluding hydrogens is 176 g/mol. The molecule has 1 aliphatic carbocycles. The van der Waals surface area contributed by atoms with E-state index in [4.69, 9.17) is 4.52 Å². The maximum absolute atomic E-state index is 5.17. The predicted molar refractivity (Wildman–Crippen MR) is 53.7 cm³/mol. The summed E-state index contributed by atoms with van der Waals surface area (Å²) in [6.07, 6.45) is 8.84. The first-order valence-electron chi connectivity index (χ1n) is 5.23. The van der Waals surface area contributed by atoms with Gasteiger partial charge >= 0.3 is 0 Å². The van der Waals surface area contributed by atoms with Crippen LogP contribution < -0.4 is 5.32 Å². The minimum atomic E-state index is 0.349. The summed E-state index contributed by atoms with van der Waals surface area (Å²) in [5.74, 6) is 0.940. The van der Waals surface area contributed by atoms with E-state index in [0.29, 0.717) is 5.54 Å². The van der Waals surface area contributed by atoms with Gasteiger partial charge < -0.3 is 9.84 Å². The third kappa shape index (κ3) is 1.20. The van der Waals surface area contributed by atoms with Crippen LogP contribution in [-0.2, 0) is 0 Å². The molecule has 2 heterocycles. The summed E-state index contributed by atoms with van der Waals surface area (Å²) in [7, 11) is 0. The van der Waals surface area contributed by atoms with E-state index in [0.717, 1.165) is 25.1 Å². The standard InChI is InChI=1S/C11H14N2O/c1-4-11(12-6-1)5-2-9(8-11)10-3-7-13-14-10/h2-3,7,12H,1,4-6,8H2. The fourth-order valence-corrected chi connectivity index (χ4v) is 2.59. The maximum atomic E-state index is 5.17. The predicted octanol–water partition coefficient (Wildman–Crippen LogP) is 1.97. The third-order valence-electron chi connectivity index (χ3n) is 3.35. The Morgan fingerprint density at radius 2 is 2.50 bits per heavy atom. The molecule has 1 saturated heterocycles. The molecule has 1 unspecified atom stereocenters. The van der Waals surface area contributed by atoms with Gasteiger partial charge in [0.25, 0.3) is 0 Å². The maximum Gasteiger partial charge on any atom is 0.162 e. The van der Waals surface area contributed by atoms with Crippen molar-refractivity contribution in [2.75, 3.05) is 6.54 Å². The Kier molecular flexibility index (Phi) is 1.74. The van der Waals surface area contributed by atoms with Gasteiger partial charge in [0.15, 0.2) is 5.76 Å². The zero-order valence-electron chi connectivity index (χ0n) is 8.12. The van der Waals surface area contributed by atoms with E-state index in [9.17, 15) is 0 Å². The van der Waals surface area contributed by atoms with Crippen molar-refractivity contribution in [1.82, 2.24) is 10.5 Å². The molecule has 1 atom stereocenters. The third-order valence-corrected chi connectivity index (χ3v) is 3.35. The first kappa shape index (κ1) is 8.24. The summed E-state index contributed by atoms with van der Waals surface area (Å²) >= 11 is 0. The molecule has 3 heteroatoms. The summed E-state index contributed by atoms with van der Waals surface area (Å²) in [5, 5.41) is 7.36. The van der Waals surface area contributed by atoms with Gasteiger partial charge in [-0.15, -0.1) is 0 Å². The zero-order chi connectivity index (χ0) is 9.43. The van der Waals surface area contributed by atoms with Crippen LogP contribution in [0.3, 0.4) is 0 Å². The highest BCUT2D eigenvalue weighted by atomic mass is 16.5. The van der Waals surface area contributed by atoms with E-state index >= 15 is 0 Å². The van der Waals surface area contributed by atoms with E-state index in [1.54, 1.807) is 6.20 Å². The number of nitrogens with zero attached hydrogens (tertiary/aromatic N) is 1. The van der Waals surface area contributed by atoms with Crippen LogP contribution in [0.2, 0.25) is 0 Å². The average Bonchev–Trinajstić information content (AvgIpc) is 2.91. The molecule has 14 heavy (non-hydrogen) atoms. The second-order valence-electron chi connectivity index (χ2n) is 4.30. The fourth-order valence-electron chi connectivity index (χ4n) is 2.59. The van der Waals surface area contributed by atoms with Gasteiger partial charge in [-0.3, -0.25) is 0 Å². The van der Waals surface area contributed by atoms with Crippen LogP contribution >= 0.6 is 0 Å². The molecule has 0 saturated carbocycles. The van der Waals surface area contributed by atoms with E-state index in [1.807, 2.05) is 6.07 Å². The lowest BCUT2D eigenvalue weighted by atomic mass is 9.93. The van der Waals surface area contributed by atoms with E-state index in [2.05, 4.69) is 16.5 Å². The number of hydrogen-bond acceptors (Lipinski definition) is 3. The SMILES string of the molecule is C1=C(c2ccno2)CC2(C1)CCCN2. The molecular formula is C11H14N2O. The van der Waals surface area contributed by atoms with Gasteiger partial charge in [0.1, 0.15) is 0 Å². The van der Waals surface area contributed by atoms with Crippen molar-refractivity contribution in [2.24, 2.45) is 0 Å². The first-order chi connectivity index (χ1) is 6.88. The van der Waals surface area contributed by atoms with Crippen molar-refractivity contribution in [3.05, 3.63) is 24.1 Å². The van der Waals surface area contributed by atoms with Gasteiger partial charge in [0.2, 0.25) is 0 Å². The molecule has 3 nitrogen and oxygen atoms in total. The molecule has 2 aliphatic rings. The molecule has 74 valence electrons. The van der Waals surface area contributed by atoms with Gasteiger partial charge in [0, 0.05) is 11.6 Å². The monoisotopic (exact) mass is 190 g/mol. The van der Waals surface area contributed by atoms with Crippen LogP contribution in [0.15, 0.2) is 22.9 Å². The minimum absolute atomic E-state index is 0.349. The normalized spacial score (nSPS) is 31.3. The van der Waals surface area contributed by atoms with Crippen LogP contribution in [-0.4, -0.2) is 17.2 Å². The van der Waals surface area contributed by atoms with Crippen LogP contribution in [0.25, 0.3) is 5.57 Å². The van der Waals surface area contributed by atoms with Gasteiger partial charge in [-0.05, 0) is 37.8 Å². The van der Waals surface area contributed by atoms with Crippen LogP contribution in [0.1, 0.15) is 31.4 Å². The molecule has 0 aromatic carbocycles. The second kappa shape index (κ2) is 2.95. The van der Waals surface area contributed by atoms with Gasteiger partial charge in [-0.25, -0.2) is 0 Å². The average molecular weight is 190 g/mol. The van der Waals surface area contributed by atoms with Crippen LogP contribution in [0, 0.1) is 0 Å². The summed E-state index contributed by atoms with van der Waals surface area (Å²) in [6.45, 7) is 1.16. The molecule has 0 bridgehead atoms. The molecule has 1 aromatic heterocycles. The van der Waals surface area contributed by atoms with E-state index in [1.165, 1.54) is 18.4 Å². The van der Waals surface area contributed by atoms with Crippen LogP contribution in [0.4, 0.5) is 0 Å². The number of hydrogen-bond donors (Lipinski definition) is 1. The van der Waals surface area contributed by atoms with Crippen molar-refractivity contribution in [1.29, 1.82) is 0 Å². The Balaban J connectivity index is 1.80. The fraction of sp³-hybridized carbons (Fsp3) is 0.545. The van der Waals surface area contributed by atoms with Gasteiger partial charge in [-0.2, -0.15) is 0 Å². The Morgan fingerprint density at radius 1 is 1.50 bits per heavy atom. The van der Waals surface area contributed by atoms with Gasteiger partial charge in [0.05, 0.1) is 6.20 Å². The van der Waals surface area contributed by atoms with E-state index < -0.39 is 0 Å². The summed E-state index contributed by atoms with van der Waals surface area (Å²) in [5.41, 5.74) is 1.67. The molecule has 1 aromatic rings. The zero-order valence-corrected chi connectivity index (χ0v) is 8.12. The summed E-state index contributed by atoms with van der Waals surface area (Å²) in [6, 6.07) is 1.94. The minimum Gasteiger partial charge on any atom is -0.357 e. The Morgan fingerprint density at radius 3 is 3.21 bits per heavy atom. The van der Waals surface area contributed by atoms with Crippen molar-refractivity contribution in [3.8, 4) is 0 Å². The molecule has 1 aliphatic heterocycles. The molecule has 0 amide bonds. The highest BCUT2D eigenvalue weighted by Gasteiger charge is 2.37. The smallest absolute Gasteiger partial charge is 0.162 e. The Bertz CT molecular complexity index is 347. The van der Waals surface area contributed by atoms with Gasteiger partial charge in [-0.1, -0.05) is 11.2 Å². The Hall–Kier alpha value is -1.09. The highest BCUT2D eigenvalue weighted by Crippen LogP contribution is 2.40. The van der Waals surface area contributed by atoms with E-state index in [-0.39, 0.29) is 0 Å². The molecule has 1 fully saturated rings. The number of aromatic nitrogens is 1. The number of rotatable bonds is 1. The lowest BCUT2D eigenvalue weighted by Crippen LogP contribution is -2.36. The van der Waals surface area contributed by atoms with Crippen molar-refractivity contribution >= 4 is 5.57 Å². The lowest BCUT2D eigenvalue weighted by Gasteiger charge is -2.23.